The maximum Gasteiger partial charge on any atom is 0.0931 e. The van der Waals surface area contributed by atoms with Gasteiger partial charge >= 0.3 is 0 Å². The Bertz CT molecular complexity index is 360. The van der Waals surface area contributed by atoms with E-state index in [0.29, 0.717) is 12.3 Å². The van der Waals surface area contributed by atoms with Crippen LogP contribution in [-0.4, -0.2) is 24.4 Å². The van der Waals surface area contributed by atoms with E-state index in [0.717, 1.165) is 9.21 Å². The number of aliphatic hydroxyl groups excluding tert-OH is 1. The van der Waals surface area contributed by atoms with Gasteiger partial charge in [-0.2, -0.15) is 0 Å². The topological polar surface area (TPSA) is 29.5 Å². The summed E-state index contributed by atoms with van der Waals surface area (Å²) >= 11 is 7.45. The monoisotopic (exact) mass is 288 g/mol. The van der Waals surface area contributed by atoms with Gasteiger partial charge in [0, 0.05) is 18.4 Å². The van der Waals surface area contributed by atoms with E-state index in [2.05, 4.69) is 0 Å². The molecule has 1 fully saturated rings. The van der Waals surface area contributed by atoms with Crippen molar-refractivity contribution in [3.05, 3.63) is 21.3 Å². The Hall–Kier alpha value is -0.0900. The Morgan fingerprint density at radius 1 is 1.39 bits per heavy atom. The Kier molecular flexibility index (Phi) is 5.49. The van der Waals surface area contributed by atoms with Crippen molar-refractivity contribution in [2.24, 2.45) is 5.92 Å². The van der Waals surface area contributed by atoms with Gasteiger partial charge in [-0.25, -0.2) is 0 Å². The molecule has 1 aromatic heterocycles. The van der Waals surface area contributed by atoms with Crippen LogP contribution in [0.3, 0.4) is 0 Å². The second-order valence-corrected chi connectivity index (χ2v) is 6.88. The van der Waals surface area contributed by atoms with Crippen LogP contribution in [-0.2, 0) is 11.2 Å². The van der Waals surface area contributed by atoms with Crippen LogP contribution >= 0.6 is 22.9 Å². The van der Waals surface area contributed by atoms with E-state index in [1.54, 1.807) is 18.4 Å². The van der Waals surface area contributed by atoms with Crippen molar-refractivity contribution in [1.29, 1.82) is 0 Å². The van der Waals surface area contributed by atoms with Crippen LogP contribution in [0.25, 0.3) is 0 Å². The highest BCUT2D eigenvalue weighted by Crippen LogP contribution is 2.31. The van der Waals surface area contributed by atoms with Gasteiger partial charge in [-0.15, -0.1) is 11.3 Å². The van der Waals surface area contributed by atoms with Crippen molar-refractivity contribution in [3.63, 3.8) is 0 Å². The van der Waals surface area contributed by atoms with Crippen LogP contribution in [0.1, 0.15) is 37.0 Å². The third-order valence-electron chi connectivity index (χ3n) is 3.81. The fourth-order valence-electron chi connectivity index (χ4n) is 2.91. The molecular weight excluding hydrogens is 268 g/mol. The first kappa shape index (κ1) is 14.3. The summed E-state index contributed by atoms with van der Waals surface area (Å²) in [6.07, 6.45) is 6.40. The standard InChI is InChI=1S/C14H21ClO2S/c1-17-14(10-5-3-2-4-6-10)12(16)9-11-7-8-13(15)18-11/h7-8,10,12,14,16H,2-6,9H2,1H3. The maximum atomic E-state index is 10.4. The van der Waals surface area contributed by atoms with Gasteiger partial charge in [0.25, 0.3) is 0 Å². The third-order valence-corrected chi connectivity index (χ3v) is 5.06. The average Bonchev–Trinajstić information content (AvgIpc) is 2.77. The van der Waals surface area contributed by atoms with Crippen molar-refractivity contribution < 1.29 is 9.84 Å². The zero-order valence-corrected chi connectivity index (χ0v) is 12.3. The van der Waals surface area contributed by atoms with Gasteiger partial charge in [0.2, 0.25) is 0 Å². The van der Waals surface area contributed by atoms with Crippen LogP contribution in [0.4, 0.5) is 0 Å². The van der Waals surface area contributed by atoms with Crippen LogP contribution in [0, 0.1) is 5.92 Å². The average molecular weight is 289 g/mol. The molecule has 1 heterocycles. The molecule has 2 atom stereocenters. The molecule has 102 valence electrons. The highest BCUT2D eigenvalue weighted by Gasteiger charge is 2.29. The largest absolute Gasteiger partial charge is 0.390 e. The van der Waals surface area contributed by atoms with Crippen LogP contribution in [0.5, 0.6) is 0 Å². The van der Waals surface area contributed by atoms with E-state index in [1.165, 1.54) is 32.1 Å². The lowest BCUT2D eigenvalue weighted by molar-refractivity contribution is -0.0532. The van der Waals surface area contributed by atoms with Crippen molar-refractivity contribution in [2.45, 2.75) is 50.7 Å². The van der Waals surface area contributed by atoms with Gasteiger partial charge in [0.05, 0.1) is 16.5 Å². The summed E-state index contributed by atoms with van der Waals surface area (Å²) < 4.78 is 6.33. The number of aliphatic hydroxyl groups is 1. The summed E-state index contributed by atoms with van der Waals surface area (Å²) in [6.45, 7) is 0. The second kappa shape index (κ2) is 6.90. The molecule has 2 rings (SSSR count). The van der Waals surface area contributed by atoms with Gasteiger partial charge in [0.1, 0.15) is 0 Å². The molecule has 1 aromatic rings. The molecule has 2 unspecified atom stereocenters. The maximum absolute atomic E-state index is 10.4. The minimum Gasteiger partial charge on any atom is -0.390 e. The summed E-state index contributed by atoms with van der Waals surface area (Å²) in [5.74, 6) is 0.509. The fraction of sp³-hybridized carbons (Fsp3) is 0.714. The van der Waals surface area contributed by atoms with Gasteiger partial charge in [-0.05, 0) is 30.9 Å². The summed E-state index contributed by atoms with van der Waals surface area (Å²) in [5, 5.41) is 10.4. The number of ether oxygens (including phenoxy) is 1. The minimum absolute atomic E-state index is 0.0359. The summed E-state index contributed by atoms with van der Waals surface area (Å²) in [4.78, 5) is 1.13. The molecule has 1 aliphatic rings. The van der Waals surface area contributed by atoms with E-state index >= 15 is 0 Å². The number of rotatable bonds is 5. The lowest BCUT2D eigenvalue weighted by atomic mass is 9.82. The number of hydrogen-bond donors (Lipinski definition) is 1. The van der Waals surface area contributed by atoms with Crippen molar-refractivity contribution >= 4 is 22.9 Å². The zero-order valence-electron chi connectivity index (χ0n) is 10.8. The molecule has 0 bridgehead atoms. The molecule has 1 N–H and O–H groups in total. The van der Waals surface area contributed by atoms with Crippen LogP contribution in [0.2, 0.25) is 4.34 Å². The van der Waals surface area contributed by atoms with Gasteiger partial charge in [0.15, 0.2) is 0 Å². The van der Waals surface area contributed by atoms with Gasteiger partial charge in [-0.3, -0.25) is 0 Å². The number of thiophene rings is 1. The first-order valence-corrected chi connectivity index (χ1v) is 7.85. The highest BCUT2D eigenvalue weighted by molar-refractivity contribution is 7.16. The van der Waals surface area contributed by atoms with Crippen LogP contribution < -0.4 is 0 Å². The van der Waals surface area contributed by atoms with E-state index in [9.17, 15) is 5.11 Å². The molecule has 0 aliphatic heterocycles. The molecule has 1 saturated carbocycles. The van der Waals surface area contributed by atoms with Crippen molar-refractivity contribution in [1.82, 2.24) is 0 Å². The lowest BCUT2D eigenvalue weighted by Crippen LogP contribution is -2.37. The van der Waals surface area contributed by atoms with Crippen molar-refractivity contribution in [3.8, 4) is 0 Å². The molecule has 0 aromatic carbocycles. The Balaban J connectivity index is 1.93. The minimum atomic E-state index is -0.423. The van der Waals surface area contributed by atoms with E-state index < -0.39 is 6.10 Å². The number of methoxy groups -OCH3 is 1. The predicted molar refractivity (Wildman–Crippen MR) is 76.4 cm³/mol. The molecule has 2 nitrogen and oxygen atoms in total. The van der Waals surface area contributed by atoms with Gasteiger partial charge in [-0.1, -0.05) is 30.9 Å². The first-order valence-electron chi connectivity index (χ1n) is 6.66. The molecule has 1 aliphatic carbocycles. The second-order valence-electron chi connectivity index (χ2n) is 5.08. The van der Waals surface area contributed by atoms with E-state index in [1.807, 2.05) is 12.1 Å². The summed E-state index contributed by atoms with van der Waals surface area (Å²) in [5.41, 5.74) is 0. The van der Waals surface area contributed by atoms with E-state index in [-0.39, 0.29) is 6.10 Å². The first-order chi connectivity index (χ1) is 8.70. The smallest absolute Gasteiger partial charge is 0.0931 e. The molecule has 0 radical (unpaired) electrons. The molecule has 4 heteroatoms. The normalized spacial score (nSPS) is 20.8. The predicted octanol–water partition coefficient (Wildman–Crippen LogP) is 3.90. The van der Waals surface area contributed by atoms with Crippen molar-refractivity contribution in [2.75, 3.05) is 7.11 Å². The number of hydrogen-bond acceptors (Lipinski definition) is 3. The molecule has 0 saturated heterocycles. The Morgan fingerprint density at radius 3 is 2.67 bits per heavy atom. The SMILES string of the molecule is COC(C(O)Cc1ccc(Cl)s1)C1CCCCC1. The molecular formula is C14H21ClO2S. The quantitative estimate of drug-likeness (QED) is 0.890. The number of halogens is 1. The molecule has 0 spiro atoms. The fourth-order valence-corrected chi connectivity index (χ4v) is 4.05. The Labute approximate surface area is 118 Å². The summed E-state index contributed by atoms with van der Waals surface area (Å²) in [6, 6.07) is 3.88. The molecule has 18 heavy (non-hydrogen) atoms. The van der Waals surface area contributed by atoms with Crippen LogP contribution in [0.15, 0.2) is 12.1 Å². The molecule has 0 amide bonds. The third kappa shape index (κ3) is 3.70. The van der Waals surface area contributed by atoms with E-state index in [4.69, 9.17) is 16.3 Å². The van der Waals surface area contributed by atoms with Gasteiger partial charge < -0.3 is 9.84 Å². The summed E-state index contributed by atoms with van der Waals surface area (Å²) in [7, 11) is 1.71. The highest BCUT2D eigenvalue weighted by atomic mass is 35.5. The zero-order chi connectivity index (χ0) is 13.0. The lowest BCUT2D eigenvalue weighted by Gasteiger charge is -2.32. The Morgan fingerprint density at radius 2 is 2.11 bits per heavy atom.